The Hall–Kier alpha value is -1.26. The van der Waals surface area contributed by atoms with Crippen LogP contribution in [-0.4, -0.2) is 24.5 Å². The van der Waals surface area contributed by atoms with Gasteiger partial charge in [0.05, 0.1) is 10.2 Å². The molecule has 0 N–H and O–H groups in total. The van der Waals surface area contributed by atoms with Crippen molar-refractivity contribution in [3.05, 3.63) is 29.3 Å². The van der Waals surface area contributed by atoms with Crippen molar-refractivity contribution in [2.75, 3.05) is 13.7 Å². The minimum Gasteiger partial charge on any atom is -0.385 e. The minimum absolute atomic E-state index is 0.0193. The van der Waals surface area contributed by atoms with Crippen LogP contribution in [0.2, 0.25) is 0 Å². The van der Waals surface area contributed by atoms with Crippen LogP contribution in [0, 0.1) is 5.92 Å². The van der Waals surface area contributed by atoms with Gasteiger partial charge >= 0.3 is 0 Å². The zero-order valence-electron chi connectivity index (χ0n) is 9.97. The Kier molecular flexibility index (Phi) is 3.86. The Labute approximate surface area is 104 Å². The van der Waals surface area contributed by atoms with Gasteiger partial charge in [-0.3, -0.25) is 9.78 Å². The molecule has 0 saturated carbocycles. The lowest BCUT2D eigenvalue weighted by Gasteiger charge is -2.09. The zero-order valence-corrected chi connectivity index (χ0v) is 10.8. The molecule has 0 aliphatic heterocycles. The summed E-state index contributed by atoms with van der Waals surface area (Å²) in [7, 11) is 1.65. The number of hydrogen-bond donors (Lipinski definition) is 0. The molecule has 0 aromatic carbocycles. The van der Waals surface area contributed by atoms with Crippen molar-refractivity contribution in [2.24, 2.45) is 5.92 Å². The number of fused-ring (bicyclic) bond motifs is 1. The molecule has 0 aliphatic rings. The fourth-order valence-corrected chi connectivity index (χ4v) is 2.47. The van der Waals surface area contributed by atoms with E-state index in [0.29, 0.717) is 12.2 Å². The Morgan fingerprint density at radius 3 is 3.18 bits per heavy atom. The van der Waals surface area contributed by atoms with Crippen LogP contribution in [0.5, 0.6) is 0 Å². The number of aromatic nitrogens is 1. The van der Waals surface area contributed by atoms with Crippen LogP contribution < -0.4 is 0 Å². The van der Waals surface area contributed by atoms with Gasteiger partial charge in [-0.05, 0) is 23.9 Å². The highest BCUT2D eigenvalue weighted by Gasteiger charge is 2.15. The standard InChI is InChI=1S/C13H15NO2S/c1-9(3-5-16-2)13(15)10-7-12-11(14-8-10)4-6-17-12/h4,6-9H,3,5H2,1-2H3. The SMILES string of the molecule is COCCC(C)C(=O)c1cnc2ccsc2c1. The van der Waals surface area contributed by atoms with Crippen LogP contribution in [0.25, 0.3) is 10.2 Å². The number of methoxy groups -OCH3 is 1. The summed E-state index contributed by atoms with van der Waals surface area (Å²) in [4.78, 5) is 16.4. The first-order valence-electron chi connectivity index (χ1n) is 5.58. The number of rotatable bonds is 5. The van der Waals surface area contributed by atoms with Gasteiger partial charge in [0.2, 0.25) is 0 Å². The number of nitrogens with zero attached hydrogens (tertiary/aromatic N) is 1. The Morgan fingerprint density at radius 2 is 2.41 bits per heavy atom. The van der Waals surface area contributed by atoms with E-state index in [0.717, 1.165) is 16.6 Å². The summed E-state index contributed by atoms with van der Waals surface area (Å²) in [5.74, 6) is 0.124. The summed E-state index contributed by atoms with van der Waals surface area (Å²) in [6.45, 7) is 2.54. The van der Waals surface area contributed by atoms with E-state index in [-0.39, 0.29) is 11.7 Å². The maximum atomic E-state index is 12.1. The lowest BCUT2D eigenvalue weighted by molar-refractivity contribution is 0.0893. The molecule has 0 spiro atoms. The molecule has 1 atom stereocenters. The summed E-state index contributed by atoms with van der Waals surface area (Å²) in [5, 5.41) is 1.99. The molecular formula is C13H15NO2S. The highest BCUT2D eigenvalue weighted by molar-refractivity contribution is 7.17. The number of ether oxygens (including phenoxy) is 1. The molecule has 1 unspecified atom stereocenters. The molecule has 3 nitrogen and oxygen atoms in total. The second kappa shape index (κ2) is 5.38. The second-order valence-electron chi connectivity index (χ2n) is 4.07. The fourth-order valence-electron chi connectivity index (χ4n) is 1.69. The third kappa shape index (κ3) is 2.70. The quantitative estimate of drug-likeness (QED) is 0.764. The average Bonchev–Trinajstić information content (AvgIpc) is 2.81. The van der Waals surface area contributed by atoms with Crippen LogP contribution in [0.15, 0.2) is 23.7 Å². The van der Waals surface area contributed by atoms with Gasteiger partial charge in [-0.15, -0.1) is 11.3 Å². The largest absolute Gasteiger partial charge is 0.385 e. The van der Waals surface area contributed by atoms with E-state index in [1.54, 1.807) is 24.6 Å². The summed E-state index contributed by atoms with van der Waals surface area (Å²) < 4.78 is 6.06. The lowest BCUT2D eigenvalue weighted by atomic mass is 9.98. The van der Waals surface area contributed by atoms with E-state index < -0.39 is 0 Å². The lowest BCUT2D eigenvalue weighted by Crippen LogP contribution is -2.13. The van der Waals surface area contributed by atoms with Crippen molar-refractivity contribution in [2.45, 2.75) is 13.3 Å². The van der Waals surface area contributed by atoms with Crippen LogP contribution in [-0.2, 0) is 4.74 Å². The maximum Gasteiger partial charge on any atom is 0.167 e. The van der Waals surface area contributed by atoms with Crippen molar-refractivity contribution in [3.63, 3.8) is 0 Å². The molecule has 0 aliphatic carbocycles. The normalized spacial score (nSPS) is 12.8. The van der Waals surface area contributed by atoms with Crippen LogP contribution in [0.1, 0.15) is 23.7 Å². The number of carbonyl (C=O) groups excluding carboxylic acids is 1. The summed E-state index contributed by atoms with van der Waals surface area (Å²) in [5.41, 5.74) is 1.65. The molecule has 0 amide bonds. The zero-order chi connectivity index (χ0) is 12.3. The molecule has 2 aromatic heterocycles. The maximum absolute atomic E-state index is 12.1. The van der Waals surface area contributed by atoms with E-state index in [1.165, 1.54) is 0 Å². The molecule has 0 radical (unpaired) electrons. The Morgan fingerprint density at radius 1 is 1.59 bits per heavy atom. The average molecular weight is 249 g/mol. The number of pyridine rings is 1. The smallest absolute Gasteiger partial charge is 0.167 e. The van der Waals surface area contributed by atoms with Crippen molar-refractivity contribution in [1.82, 2.24) is 4.98 Å². The van der Waals surface area contributed by atoms with Gasteiger partial charge in [-0.1, -0.05) is 6.92 Å². The van der Waals surface area contributed by atoms with Gasteiger partial charge in [-0.2, -0.15) is 0 Å². The van der Waals surface area contributed by atoms with Crippen molar-refractivity contribution < 1.29 is 9.53 Å². The molecule has 2 heterocycles. The van der Waals surface area contributed by atoms with Crippen LogP contribution >= 0.6 is 11.3 Å². The van der Waals surface area contributed by atoms with E-state index >= 15 is 0 Å². The summed E-state index contributed by atoms with van der Waals surface area (Å²) in [6, 6.07) is 3.89. The second-order valence-corrected chi connectivity index (χ2v) is 5.02. The third-order valence-electron chi connectivity index (χ3n) is 2.79. The van der Waals surface area contributed by atoms with E-state index in [2.05, 4.69) is 4.98 Å². The first-order valence-corrected chi connectivity index (χ1v) is 6.46. The Balaban J connectivity index is 2.17. The summed E-state index contributed by atoms with van der Waals surface area (Å²) >= 11 is 1.61. The highest BCUT2D eigenvalue weighted by atomic mass is 32.1. The van der Waals surface area contributed by atoms with Crippen molar-refractivity contribution >= 4 is 27.3 Å². The van der Waals surface area contributed by atoms with Gasteiger partial charge in [0.25, 0.3) is 0 Å². The molecule has 2 rings (SSSR count). The van der Waals surface area contributed by atoms with Gasteiger partial charge < -0.3 is 4.74 Å². The Bertz CT molecular complexity index is 521. The minimum atomic E-state index is -0.0193. The first-order chi connectivity index (χ1) is 8.22. The highest BCUT2D eigenvalue weighted by Crippen LogP contribution is 2.21. The van der Waals surface area contributed by atoms with Gasteiger partial charge in [-0.25, -0.2) is 0 Å². The molecule has 0 bridgehead atoms. The third-order valence-corrected chi connectivity index (χ3v) is 3.64. The predicted octanol–water partition coefficient (Wildman–Crippen LogP) is 3.15. The fraction of sp³-hybridized carbons (Fsp3) is 0.385. The number of hydrogen-bond acceptors (Lipinski definition) is 4. The number of Topliss-reactive ketones (excluding diaryl/α,β-unsaturated/α-hetero) is 1. The number of thiophene rings is 1. The monoisotopic (exact) mass is 249 g/mol. The summed E-state index contributed by atoms with van der Waals surface area (Å²) in [6.07, 6.45) is 2.42. The number of ketones is 1. The molecule has 0 saturated heterocycles. The van der Waals surface area contributed by atoms with Gasteiger partial charge in [0.1, 0.15) is 0 Å². The topological polar surface area (TPSA) is 39.2 Å². The van der Waals surface area contributed by atoms with E-state index in [1.807, 2.05) is 24.4 Å². The molecule has 2 aromatic rings. The molecule has 0 fully saturated rings. The van der Waals surface area contributed by atoms with Crippen molar-refractivity contribution in [1.29, 1.82) is 0 Å². The van der Waals surface area contributed by atoms with E-state index in [9.17, 15) is 4.79 Å². The van der Waals surface area contributed by atoms with Crippen LogP contribution in [0.3, 0.4) is 0 Å². The van der Waals surface area contributed by atoms with E-state index in [4.69, 9.17) is 4.74 Å². The predicted molar refractivity (Wildman–Crippen MR) is 69.6 cm³/mol. The van der Waals surface area contributed by atoms with Gasteiger partial charge in [0.15, 0.2) is 5.78 Å². The molecule has 4 heteroatoms. The van der Waals surface area contributed by atoms with Gasteiger partial charge in [0, 0.05) is 31.4 Å². The molecule has 90 valence electrons. The number of carbonyl (C=O) groups is 1. The van der Waals surface area contributed by atoms with Crippen molar-refractivity contribution in [3.8, 4) is 0 Å². The molecule has 17 heavy (non-hydrogen) atoms. The first kappa shape index (κ1) is 12.2. The van der Waals surface area contributed by atoms with Crippen LogP contribution in [0.4, 0.5) is 0 Å². The molecular weight excluding hydrogens is 234 g/mol.